The number of aldehydes is 1. The molecule has 0 bridgehead atoms. The summed E-state index contributed by atoms with van der Waals surface area (Å²) < 4.78 is 0. The summed E-state index contributed by atoms with van der Waals surface area (Å²) in [7, 11) is 0. The van der Waals surface area contributed by atoms with Crippen molar-refractivity contribution >= 4 is 30.0 Å². The Morgan fingerprint density at radius 1 is 1.36 bits per heavy atom. The first kappa shape index (κ1) is 18.4. The fraction of sp³-hybridized carbons (Fsp3) is 0.412. The first-order valence-corrected chi connectivity index (χ1v) is 8.00. The SMILES string of the molecule is CCNC(=O)Nc1ccc2c(c1)CC[C@]2(C)C(=O)N(CC=O)C(=O)O. The summed E-state index contributed by atoms with van der Waals surface area (Å²) in [5, 5.41) is 14.5. The Balaban J connectivity index is 2.28. The summed E-state index contributed by atoms with van der Waals surface area (Å²) in [5.74, 6) is -0.615. The Morgan fingerprint density at radius 3 is 2.68 bits per heavy atom. The van der Waals surface area contributed by atoms with E-state index in [1.54, 1.807) is 25.1 Å². The van der Waals surface area contributed by atoms with Crippen LogP contribution in [0.25, 0.3) is 0 Å². The number of aryl methyl sites for hydroxylation is 1. The minimum atomic E-state index is -1.44. The minimum Gasteiger partial charge on any atom is -0.465 e. The molecule has 0 heterocycles. The predicted octanol–water partition coefficient (Wildman–Crippen LogP) is 1.74. The molecule has 0 fully saturated rings. The van der Waals surface area contributed by atoms with Crippen LogP contribution < -0.4 is 10.6 Å². The first-order valence-electron chi connectivity index (χ1n) is 8.00. The van der Waals surface area contributed by atoms with Crippen molar-refractivity contribution in [3.05, 3.63) is 29.3 Å². The van der Waals surface area contributed by atoms with Crippen LogP contribution in [0.3, 0.4) is 0 Å². The molecule has 0 aromatic heterocycles. The highest BCUT2D eigenvalue weighted by atomic mass is 16.4. The molecule has 134 valence electrons. The Hall–Kier alpha value is -2.90. The largest absolute Gasteiger partial charge is 0.465 e. The van der Waals surface area contributed by atoms with E-state index in [9.17, 15) is 24.3 Å². The van der Waals surface area contributed by atoms with Gasteiger partial charge < -0.3 is 20.5 Å². The number of benzene rings is 1. The summed E-state index contributed by atoms with van der Waals surface area (Å²) in [5.41, 5.74) is 1.18. The lowest BCUT2D eigenvalue weighted by atomic mass is 9.82. The van der Waals surface area contributed by atoms with Gasteiger partial charge in [-0.3, -0.25) is 4.79 Å². The number of carboxylic acid groups (broad SMARTS) is 1. The van der Waals surface area contributed by atoms with Gasteiger partial charge >= 0.3 is 12.1 Å². The monoisotopic (exact) mass is 347 g/mol. The molecule has 8 nitrogen and oxygen atoms in total. The highest BCUT2D eigenvalue weighted by Crippen LogP contribution is 2.41. The third kappa shape index (κ3) is 3.62. The second-order valence-electron chi connectivity index (χ2n) is 6.05. The zero-order valence-corrected chi connectivity index (χ0v) is 14.2. The van der Waals surface area contributed by atoms with E-state index in [1.807, 2.05) is 6.92 Å². The molecule has 0 radical (unpaired) electrons. The van der Waals surface area contributed by atoms with Gasteiger partial charge in [0.1, 0.15) is 6.29 Å². The Morgan fingerprint density at radius 2 is 2.08 bits per heavy atom. The summed E-state index contributed by atoms with van der Waals surface area (Å²) in [6, 6.07) is 4.87. The molecule has 0 unspecified atom stereocenters. The molecule has 3 N–H and O–H groups in total. The number of hydrogen-bond acceptors (Lipinski definition) is 4. The van der Waals surface area contributed by atoms with Crippen molar-refractivity contribution in [1.82, 2.24) is 10.2 Å². The van der Waals surface area contributed by atoms with Gasteiger partial charge in [-0.15, -0.1) is 0 Å². The summed E-state index contributed by atoms with van der Waals surface area (Å²) in [6.45, 7) is 3.51. The Labute approximate surface area is 145 Å². The maximum Gasteiger partial charge on any atom is 0.414 e. The number of carbonyl (C=O) groups is 4. The number of carbonyl (C=O) groups excluding carboxylic acids is 3. The van der Waals surface area contributed by atoms with Gasteiger partial charge in [-0.05, 0) is 49.9 Å². The third-order valence-corrected chi connectivity index (χ3v) is 4.39. The van der Waals surface area contributed by atoms with Crippen molar-refractivity contribution < 1.29 is 24.3 Å². The molecule has 25 heavy (non-hydrogen) atoms. The molecular weight excluding hydrogens is 326 g/mol. The number of amides is 4. The third-order valence-electron chi connectivity index (χ3n) is 4.39. The van der Waals surface area contributed by atoms with Crippen LogP contribution in [0.5, 0.6) is 0 Å². The average molecular weight is 347 g/mol. The Bertz CT molecular complexity index is 718. The molecule has 0 aliphatic heterocycles. The molecule has 1 aromatic carbocycles. The molecule has 2 rings (SSSR count). The Kier molecular flexibility index (Phi) is 5.41. The summed E-state index contributed by atoms with van der Waals surface area (Å²) in [4.78, 5) is 46.8. The van der Waals surface area contributed by atoms with E-state index in [4.69, 9.17) is 0 Å². The van der Waals surface area contributed by atoms with Gasteiger partial charge in [-0.2, -0.15) is 0 Å². The standard InChI is InChI=1S/C17H21N3O5/c1-3-18-15(23)19-12-4-5-13-11(10-12)6-7-17(13,2)14(22)20(8-9-21)16(24)25/h4-5,9-10H,3,6-8H2,1-2H3,(H,24,25)(H2,18,19,23)/t17-/m0/s1. The zero-order valence-electron chi connectivity index (χ0n) is 14.2. The molecule has 1 atom stereocenters. The van der Waals surface area contributed by atoms with E-state index >= 15 is 0 Å². The molecule has 1 aliphatic carbocycles. The first-order chi connectivity index (χ1) is 11.8. The maximum absolute atomic E-state index is 12.7. The van der Waals surface area contributed by atoms with Crippen molar-refractivity contribution in [2.24, 2.45) is 0 Å². The fourth-order valence-electron chi connectivity index (χ4n) is 3.11. The fourth-order valence-corrected chi connectivity index (χ4v) is 3.11. The van der Waals surface area contributed by atoms with Crippen LogP contribution in [0, 0.1) is 0 Å². The van der Waals surface area contributed by atoms with Gasteiger partial charge in [-0.25, -0.2) is 14.5 Å². The van der Waals surface area contributed by atoms with Crippen molar-refractivity contribution in [2.75, 3.05) is 18.4 Å². The van der Waals surface area contributed by atoms with Crippen molar-refractivity contribution in [3.63, 3.8) is 0 Å². The number of imide groups is 1. The van der Waals surface area contributed by atoms with Crippen molar-refractivity contribution in [1.29, 1.82) is 0 Å². The number of nitrogens with zero attached hydrogens (tertiary/aromatic N) is 1. The van der Waals surface area contributed by atoms with Gasteiger partial charge in [-0.1, -0.05) is 6.07 Å². The van der Waals surface area contributed by atoms with E-state index in [0.717, 1.165) is 11.1 Å². The molecule has 0 saturated heterocycles. The van der Waals surface area contributed by atoms with Crippen LogP contribution in [-0.2, 0) is 21.4 Å². The molecule has 1 aliphatic rings. The number of urea groups is 1. The van der Waals surface area contributed by atoms with E-state index in [2.05, 4.69) is 10.6 Å². The lowest BCUT2D eigenvalue weighted by Gasteiger charge is -2.28. The van der Waals surface area contributed by atoms with Crippen LogP contribution in [0.15, 0.2) is 18.2 Å². The van der Waals surface area contributed by atoms with Crippen LogP contribution >= 0.6 is 0 Å². The molecule has 0 spiro atoms. The molecular formula is C17H21N3O5. The van der Waals surface area contributed by atoms with Crippen LogP contribution in [-0.4, -0.2) is 47.4 Å². The summed E-state index contributed by atoms with van der Waals surface area (Å²) in [6.07, 6.45) is -0.0305. The highest BCUT2D eigenvalue weighted by Gasteiger charge is 2.44. The topological polar surface area (TPSA) is 116 Å². The lowest BCUT2D eigenvalue weighted by Crippen LogP contribution is -2.47. The van der Waals surface area contributed by atoms with Gasteiger partial charge in [0.2, 0.25) is 5.91 Å². The zero-order chi connectivity index (χ0) is 18.6. The maximum atomic E-state index is 12.7. The van der Waals surface area contributed by atoms with Gasteiger partial charge in [0.15, 0.2) is 0 Å². The smallest absolute Gasteiger partial charge is 0.414 e. The highest BCUT2D eigenvalue weighted by molar-refractivity contribution is 6.00. The van der Waals surface area contributed by atoms with Gasteiger partial charge in [0.25, 0.3) is 0 Å². The predicted molar refractivity (Wildman–Crippen MR) is 90.6 cm³/mol. The number of rotatable bonds is 5. The van der Waals surface area contributed by atoms with E-state index in [0.29, 0.717) is 36.3 Å². The van der Waals surface area contributed by atoms with Crippen LogP contribution in [0.2, 0.25) is 0 Å². The normalized spacial score (nSPS) is 18.2. The number of nitrogens with one attached hydrogen (secondary N) is 2. The van der Waals surface area contributed by atoms with E-state index in [1.165, 1.54) is 0 Å². The van der Waals surface area contributed by atoms with Crippen molar-refractivity contribution in [2.45, 2.75) is 32.1 Å². The second-order valence-corrected chi connectivity index (χ2v) is 6.05. The second kappa shape index (κ2) is 7.33. The van der Waals surface area contributed by atoms with Crippen LogP contribution in [0.1, 0.15) is 31.4 Å². The number of anilines is 1. The summed E-state index contributed by atoms with van der Waals surface area (Å²) >= 11 is 0. The quantitative estimate of drug-likeness (QED) is 0.702. The molecule has 8 heteroatoms. The van der Waals surface area contributed by atoms with Gasteiger partial charge in [0, 0.05) is 12.2 Å². The minimum absolute atomic E-state index is 0.317. The molecule has 1 aromatic rings. The molecule has 4 amide bonds. The van der Waals surface area contributed by atoms with Crippen LogP contribution in [0.4, 0.5) is 15.3 Å². The molecule has 0 saturated carbocycles. The van der Waals surface area contributed by atoms with E-state index < -0.39 is 24.0 Å². The average Bonchev–Trinajstić information content (AvgIpc) is 2.90. The van der Waals surface area contributed by atoms with Gasteiger partial charge in [0.05, 0.1) is 12.0 Å². The number of fused-ring (bicyclic) bond motifs is 1. The number of hydrogen-bond donors (Lipinski definition) is 3. The van der Waals surface area contributed by atoms with Crippen molar-refractivity contribution in [3.8, 4) is 0 Å². The lowest BCUT2D eigenvalue weighted by molar-refractivity contribution is -0.136. The van der Waals surface area contributed by atoms with E-state index in [-0.39, 0.29) is 6.03 Å².